The van der Waals surface area contributed by atoms with Gasteiger partial charge in [0.15, 0.2) is 0 Å². The third-order valence-electron chi connectivity index (χ3n) is 4.02. The van der Waals surface area contributed by atoms with Crippen molar-refractivity contribution in [1.82, 2.24) is 0 Å². The van der Waals surface area contributed by atoms with Crippen LogP contribution < -0.4 is 10.2 Å². The SMILES string of the molecule is CC(=O)N(CC(=O)Nc1ccc(C(C)(C)C)cc1)c1ccc(C#N)cc1. The molecule has 0 aliphatic carbocycles. The molecule has 0 radical (unpaired) electrons. The third kappa shape index (κ3) is 4.93. The lowest BCUT2D eigenvalue weighted by Gasteiger charge is -2.21. The summed E-state index contributed by atoms with van der Waals surface area (Å²) >= 11 is 0. The molecule has 0 aliphatic heterocycles. The topological polar surface area (TPSA) is 73.2 Å². The molecule has 134 valence electrons. The Morgan fingerprint density at radius 1 is 1.04 bits per heavy atom. The summed E-state index contributed by atoms with van der Waals surface area (Å²) in [6.45, 7) is 7.70. The second-order valence-electron chi connectivity index (χ2n) is 7.14. The van der Waals surface area contributed by atoms with Gasteiger partial charge in [0.25, 0.3) is 0 Å². The molecule has 0 unspecified atom stereocenters. The number of carbonyl (C=O) groups excluding carboxylic acids is 2. The molecule has 5 nitrogen and oxygen atoms in total. The van der Waals surface area contributed by atoms with Crippen molar-refractivity contribution in [3.63, 3.8) is 0 Å². The molecule has 0 saturated heterocycles. The average molecular weight is 349 g/mol. The zero-order valence-electron chi connectivity index (χ0n) is 15.5. The molecule has 1 N–H and O–H groups in total. The molecule has 2 aromatic carbocycles. The van der Waals surface area contributed by atoms with Crippen LogP contribution in [0.4, 0.5) is 11.4 Å². The maximum Gasteiger partial charge on any atom is 0.244 e. The van der Waals surface area contributed by atoms with E-state index in [1.54, 1.807) is 24.3 Å². The van der Waals surface area contributed by atoms with Crippen LogP contribution in [0.5, 0.6) is 0 Å². The lowest BCUT2D eigenvalue weighted by Crippen LogP contribution is -2.36. The summed E-state index contributed by atoms with van der Waals surface area (Å²) in [5, 5.41) is 11.7. The molecule has 2 rings (SSSR count). The largest absolute Gasteiger partial charge is 0.325 e. The summed E-state index contributed by atoms with van der Waals surface area (Å²) in [6, 6.07) is 16.3. The lowest BCUT2D eigenvalue weighted by atomic mass is 9.87. The summed E-state index contributed by atoms with van der Waals surface area (Å²) in [5.74, 6) is -0.527. The quantitative estimate of drug-likeness (QED) is 0.911. The Kier molecular flexibility index (Phi) is 5.78. The van der Waals surface area contributed by atoms with Crippen LogP contribution in [0.15, 0.2) is 48.5 Å². The summed E-state index contributed by atoms with van der Waals surface area (Å²) in [4.78, 5) is 25.6. The number of hydrogen-bond donors (Lipinski definition) is 1. The number of nitrogens with one attached hydrogen (secondary N) is 1. The highest BCUT2D eigenvalue weighted by Crippen LogP contribution is 2.23. The van der Waals surface area contributed by atoms with E-state index in [1.807, 2.05) is 30.3 Å². The highest BCUT2D eigenvalue weighted by atomic mass is 16.2. The summed E-state index contributed by atoms with van der Waals surface area (Å²) in [7, 11) is 0. The monoisotopic (exact) mass is 349 g/mol. The van der Waals surface area contributed by atoms with Crippen molar-refractivity contribution in [1.29, 1.82) is 5.26 Å². The molecule has 0 atom stereocenters. The second-order valence-corrected chi connectivity index (χ2v) is 7.14. The lowest BCUT2D eigenvalue weighted by molar-refractivity contribution is -0.120. The van der Waals surface area contributed by atoms with E-state index in [-0.39, 0.29) is 23.8 Å². The number of nitriles is 1. The predicted octanol–water partition coefficient (Wildman–Crippen LogP) is 3.85. The van der Waals surface area contributed by atoms with Crippen LogP contribution >= 0.6 is 0 Å². The fourth-order valence-electron chi connectivity index (χ4n) is 2.50. The molecule has 0 spiro atoms. The van der Waals surface area contributed by atoms with Gasteiger partial charge < -0.3 is 10.2 Å². The van der Waals surface area contributed by atoms with Gasteiger partial charge in [0.2, 0.25) is 11.8 Å². The highest BCUT2D eigenvalue weighted by molar-refractivity contribution is 6.01. The van der Waals surface area contributed by atoms with Crippen molar-refractivity contribution in [3.8, 4) is 6.07 Å². The molecule has 0 saturated carbocycles. The normalized spacial score (nSPS) is 10.7. The van der Waals surface area contributed by atoms with Crippen LogP contribution in [0.3, 0.4) is 0 Å². The van der Waals surface area contributed by atoms with E-state index in [4.69, 9.17) is 5.26 Å². The molecule has 2 aromatic rings. The molecule has 0 bridgehead atoms. The first-order chi connectivity index (χ1) is 12.2. The first-order valence-corrected chi connectivity index (χ1v) is 8.39. The van der Waals surface area contributed by atoms with E-state index in [9.17, 15) is 9.59 Å². The van der Waals surface area contributed by atoms with Crippen LogP contribution in [-0.2, 0) is 15.0 Å². The van der Waals surface area contributed by atoms with Crippen molar-refractivity contribution < 1.29 is 9.59 Å². The average Bonchev–Trinajstić information content (AvgIpc) is 2.59. The van der Waals surface area contributed by atoms with Crippen molar-refractivity contribution >= 4 is 23.2 Å². The van der Waals surface area contributed by atoms with Gasteiger partial charge in [-0.3, -0.25) is 9.59 Å². The Hall–Kier alpha value is -3.13. The second kappa shape index (κ2) is 7.83. The van der Waals surface area contributed by atoms with Crippen LogP contribution in [0, 0.1) is 11.3 Å². The van der Waals surface area contributed by atoms with Gasteiger partial charge in [0.05, 0.1) is 11.6 Å². The maximum absolute atomic E-state index is 12.3. The Bertz CT molecular complexity index is 826. The van der Waals surface area contributed by atoms with Crippen molar-refractivity contribution in [2.24, 2.45) is 0 Å². The van der Waals surface area contributed by atoms with Crippen molar-refractivity contribution in [3.05, 3.63) is 59.7 Å². The number of carbonyl (C=O) groups is 2. The van der Waals surface area contributed by atoms with E-state index in [0.29, 0.717) is 16.9 Å². The molecule has 26 heavy (non-hydrogen) atoms. The molecular weight excluding hydrogens is 326 g/mol. The van der Waals surface area contributed by atoms with E-state index < -0.39 is 0 Å². The van der Waals surface area contributed by atoms with E-state index >= 15 is 0 Å². The smallest absolute Gasteiger partial charge is 0.244 e. The summed E-state index contributed by atoms with van der Waals surface area (Å²) in [6.07, 6.45) is 0. The molecule has 0 fully saturated rings. The minimum Gasteiger partial charge on any atom is -0.325 e. The molecule has 2 amide bonds. The maximum atomic E-state index is 12.3. The number of rotatable bonds is 4. The zero-order chi connectivity index (χ0) is 19.3. The summed E-state index contributed by atoms with van der Waals surface area (Å²) in [5.41, 5.74) is 2.99. The number of hydrogen-bond acceptors (Lipinski definition) is 3. The van der Waals surface area contributed by atoms with Crippen molar-refractivity contribution in [2.45, 2.75) is 33.1 Å². The molecule has 0 aliphatic rings. The minimum absolute atomic E-state index is 0.0452. The van der Waals surface area contributed by atoms with Gasteiger partial charge in [-0.05, 0) is 47.4 Å². The van der Waals surface area contributed by atoms with Gasteiger partial charge in [-0.2, -0.15) is 5.26 Å². The Morgan fingerprint density at radius 2 is 1.62 bits per heavy atom. The Labute approximate surface area is 154 Å². The number of anilines is 2. The van der Waals surface area contributed by atoms with Crippen LogP contribution in [0.25, 0.3) is 0 Å². The van der Waals surface area contributed by atoms with Gasteiger partial charge in [0.1, 0.15) is 6.54 Å². The fraction of sp³-hybridized carbons (Fsp3) is 0.286. The molecule has 0 aromatic heterocycles. The fourth-order valence-corrected chi connectivity index (χ4v) is 2.50. The Balaban J connectivity index is 2.08. The minimum atomic E-state index is -0.284. The van der Waals surface area contributed by atoms with Crippen LogP contribution in [-0.4, -0.2) is 18.4 Å². The highest BCUT2D eigenvalue weighted by Gasteiger charge is 2.17. The zero-order valence-corrected chi connectivity index (χ0v) is 15.5. The standard InChI is InChI=1S/C21H23N3O2/c1-15(25)24(19-11-5-16(13-22)6-12-19)14-20(26)23-18-9-7-17(8-10-18)21(2,3)4/h5-12H,14H2,1-4H3,(H,23,26). The first kappa shape index (κ1) is 19.2. The van der Waals surface area contributed by atoms with Crippen molar-refractivity contribution in [2.75, 3.05) is 16.8 Å². The van der Waals surface area contributed by atoms with Gasteiger partial charge in [-0.15, -0.1) is 0 Å². The molecular formula is C21H23N3O2. The van der Waals surface area contributed by atoms with Gasteiger partial charge in [-0.25, -0.2) is 0 Å². The molecule has 5 heteroatoms. The van der Waals surface area contributed by atoms with Gasteiger partial charge in [0, 0.05) is 18.3 Å². The molecule has 0 heterocycles. The summed E-state index contributed by atoms with van der Waals surface area (Å²) < 4.78 is 0. The van der Waals surface area contributed by atoms with Crippen LogP contribution in [0.2, 0.25) is 0 Å². The van der Waals surface area contributed by atoms with E-state index in [1.165, 1.54) is 17.4 Å². The van der Waals surface area contributed by atoms with E-state index in [0.717, 1.165) is 0 Å². The first-order valence-electron chi connectivity index (χ1n) is 8.39. The number of amides is 2. The van der Waals surface area contributed by atoms with Crippen LogP contribution in [0.1, 0.15) is 38.8 Å². The number of nitrogens with zero attached hydrogens (tertiary/aromatic N) is 2. The van der Waals surface area contributed by atoms with Gasteiger partial charge in [-0.1, -0.05) is 32.9 Å². The third-order valence-corrected chi connectivity index (χ3v) is 4.02. The predicted molar refractivity (Wildman–Crippen MR) is 103 cm³/mol. The number of benzene rings is 2. The van der Waals surface area contributed by atoms with Gasteiger partial charge >= 0.3 is 0 Å². The Morgan fingerprint density at radius 3 is 2.08 bits per heavy atom. The van der Waals surface area contributed by atoms with E-state index in [2.05, 4.69) is 26.1 Å².